The van der Waals surface area contributed by atoms with Gasteiger partial charge in [0.2, 0.25) is 0 Å². The van der Waals surface area contributed by atoms with Crippen molar-refractivity contribution in [3.8, 4) is 0 Å². The summed E-state index contributed by atoms with van der Waals surface area (Å²) in [7, 11) is 0. The molecule has 1 saturated carbocycles. The third-order valence-electron chi connectivity index (χ3n) is 6.59. The van der Waals surface area contributed by atoms with Gasteiger partial charge < -0.3 is 0 Å². The fraction of sp³-hybridized carbons (Fsp3) is 0.708. The van der Waals surface area contributed by atoms with E-state index in [1.54, 1.807) is 0 Å². The van der Waals surface area contributed by atoms with E-state index >= 15 is 0 Å². The maximum Gasteiger partial charge on any atom is 0.162 e. The van der Waals surface area contributed by atoms with Crippen LogP contribution in [0, 0.1) is 11.8 Å². The van der Waals surface area contributed by atoms with Crippen molar-refractivity contribution in [1.29, 1.82) is 0 Å². The average molecular weight is 341 g/mol. The fourth-order valence-corrected chi connectivity index (χ4v) is 4.82. The smallest absolute Gasteiger partial charge is 0.162 e. The van der Waals surface area contributed by atoms with Crippen LogP contribution in [0.25, 0.3) is 0 Å². The zero-order chi connectivity index (χ0) is 17.3. The van der Waals surface area contributed by atoms with E-state index < -0.39 is 0 Å². The lowest BCUT2D eigenvalue weighted by molar-refractivity contribution is 0.0979. The molecule has 138 valence electrons. The minimum atomic E-state index is 0.335. The molecule has 0 aliphatic heterocycles. The first-order chi connectivity index (χ1) is 12.3. The van der Waals surface area contributed by atoms with Crippen molar-refractivity contribution < 1.29 is 4.79 Å². The molecule has 0 N–H and O–H groups in total. The Balaban J connectivity index is 1.53. The highest BCUT2D eigenvalue weighted by atomic mass is 16.1. The Morgan fingerprint density at radius 2 is 1.08 bits per heavy atom. The maximum absolute atomic E-state index is 12.3. The molecule has 0 atom stereocenters. The molecule has 1 heteroatoms. The van der Waals surface area contributed by atoms with Gasteiger partial charge in [0.15, 0.2) is 5.78 Å². The number of carbonyl (C=O) groups is 1. The summed E-state index contributed by atoms with van der Waals surface area (Å²) in [6, 6.07) is 8.44. The van der Waals surface area contributed by atoms with E-state index in [0.717, 1.165) is 30.2 Å². The average Bonchev–Trinajstić information content (AvgIpc) is 2.65. The highest BCUT2D eigenvalue weighted by molar-refractivity contribution is 5.96. The van der Waals surface area contributed by atoms with Crippen molar-refractivity contribution in [3.05, 3.63) is 35.4 Å². The van der Waals surface area contributed by atoms with Crippen LogP contribution in [0.1, 0.15) is 106 Å². The highest BCUT2D eigenvalue weighted by Crippen LogP contribution is 2.34. The topological polar surface area (TPSA) is 17.1 Å². The molecule has 0 unspecified atom stereocenters. The number of hydrogen-bond acceptors (Lipinski definition) is 1. The van der Waals surface area contributed by atoms with Gasteiger partial charge in [-0.25, -0.2) is 0 Å². The first-order valence-corrected chi connectivity index (χ1v) is 10.9. The van der Waals surface area contributed by atoms with E-state index in [1.165, 1.54) is 89.0 Å². The zero-order valence-corrected chi connectivity index (χ0v) is 16.0. The molecule has 1 fully saturated rings. The van der Waals surface area contributed by atoms with Gasteiger partial charge in [-0.2, -0.15) is 0 Å². The highest BCUT2D eigenvalue weighted by Gasteiger charge is 2.20. The minimum absolute atomic E-state index is 0.335. The number of hydrogen-bond donors (Lipinski definition) is 0. The summed E-state index contributed by atoms with van der Waals surface area (Å²) in [6.45, 7) is 0. The second-order valence-corrected chi connectivity index (χ2v) is 8.56. The monoisotopic (exact) mass is 340 g/mol. The molecule has 1 nitrogen and oxygen atoms in total. The molecule has 0 heterocycles. The van der Waals surface area contributed by atoms with Gasteiger partial charge >= 0.3 is 0 Å². The number of ketones is 1. The van der Waals surface area contributed by atoms with E-state index in [2.05, 4.69) is 24.3 Å². The van der Waals surface area contributed by atoms with E-state index in [-0.39, 0.29) is 0 Å². The number of rotatable bonds is 0. The van der Waals surface area contributed by atoms with Gasteiger partial charge in [0.25, 0.3) is 0 Å². The molecule has 5 aliphatic rings. The molecule has 0 aromatic heterocycles. The number of Topliss-reactive ketones (excluding diaryl/α,β-unsaturated/α-hetero) is 1. The summed E-state index contributed by atoms with van der Waals surface area (Å²) < 4.78 is 0. The summed E-state index contributed by atoms with van der Waals surface area (Å²) >= 11 is 0. The number of benzene rings is 1. The predicted octanol–water partition coefficient (Wildman–Crippen LogP) is 7.13. The van der Waals surface area contributed by atoms with Gasteiger partial charge in [0.05, 0.1) is 0 Å². The van der Waals surface area contributed by atoms with Gasteiger partial charge in [0.1, 0.15) is 0 Å². The van der Waals surface area contributed by atoms with Crippen molar-refractivity contribution in [1.82, 2.24) is 0 Å². The van der Waals surface area contributed by atoms with Gasteiger partial charge in [-0.15, -0.1) is 0 Å². The van der Waals surface area contributed by atoms with Gasteiger partial charge in [-0.1, -0.05) is 94.9 Å². The van der Waals surface area contributed by atoms with E-state index in [9.17, 15) is 4.79 Å². The third-order valence-corrected chi connectivity index (χ3v) is 6.59. The van der Waals surface area contributed by atoms with Gasteiger partial charge in [0, 0.05) is 12.0 Å². The lowest BCUT2D eigenvalue weighted by Crippen LogP contribution is -2.14. The molecule has 5 aliphatic carbocycles. The summed E-state index contributed by atoms with van der Waals surface area (Å²) in [5.41, 5.74) is 2.31. The number of carbonyl (C=O) groups excluding carboxylic acids is 1. The summed E-state index contributed by atoms with van der Waals surface area (Å²) in [4.78, 5) is 12.3. The third kappa shape index (κ3) is 6.28. The molecule has 1 aromatic rings. The zero-order valence-electron chi connectivity index (χ0n) is 16.0. The Bertz CT molecular complexity index is 507. The second-order valence-electron chi connectivity index (χ2n) is 8.56. The quantitative estimate of drug-likeness (QED) is 0.491. The van der Waals surface area contributed by atoms with Crippen LogP contribution in [0.4, 0.5) is 0 Å². The van der Waals surface area contributed by atoms with Crippen LogP contribution in [0.2, 0.25) is 0 Å². The van der Waals surface area contributed by atoms with E-state index in [1.807, 2.05) is 0 Å². The van der Waals surface area contributed by atoms with Crippen LogP contribution >= 0.6 is 0 Å². The van der Waals surface area contributed by atoms with Gasteiger partial charge in [-0.05, 0) is 36.7 Å². The van der Waals surface area contributed by atoms with Crippen molar-refractivity contribution in [2.24, 2.45) is 11.8 Å². The van der Waals surface area contributed by atoms with Crippen molar-refractivity contribution in [3.63, 3.8) is 0 Å². The molecule has 25 heavy (non-hydrogen) atoms. The maximum atomic E-state index is 12.3. The Kier molecular flexibility index (Phi) is 7.57. The second kappa shape index (κ2) is 10.1. The largest absolute Gasteiger partial charge is 0.294 e. The Labute approximate surface area is 154 Å². The van der Waals surface area contributed by atoms with Gasteiger partial charge in [-0.3, -0.25) is 4.79 Å². The Morgan fingerprint density at radius 1 is 0.560 bits per heavy atom. The first kappa shape index (κ1) is 18.7. The summed E-state index contributed by atoms with van der Waals surface area (Å²) in [5.74, 6) is 2.33. The van der Waals surface area contributed by atoms with Crippen LogP contribution < -0.4 is 0 Å². The standard InChI is InChI=1S/C24H36O/c25-24-11-7-3-6-10-21-14-12-20(13-15-21)8-4-1-2-5-9-22-16-18-23(24)19-17-22/h16-21H,1-15H2. The van der Waals surface area contributed by atoms with Crippen LogP contribution in [0.5, 0.6) is 0 Å². The summed E-state index contributed by atoms with van der Waals surface area (Å²) in [5, 5.41) is 0. The van der Waals surface area contributed by atoms with E-state index in [0.29, 0.717) is 5.78 Å². The minimum Gasteiger partial charge on any atom is -0.294 e. The van der Waals surface area contributed by atoms with E-state index in [4.69, 9.17) is 0 Å². The Hall–Kier alpha value is -1.11. The lowest BCUT2D eigenvalue weighted by atomic mass is 9.78. The molecule has 1 aromatic carbocycles. The molecular weight excluding hydrogens is 304 g/mol. The molecule has 0 spiro atoms. The first-order valence-electron chi connectivity index (χ1n) is 10.9. The number of aryl methyl sites for hydroxylation is 1. The van der Waals surface area contributed by atoms with Crippen LogP contribution in [0.15, 0.2) is 24.3 Å². The normalized spacial score (nSPS) is 27.3. The summed E-state index contributed by atoms with van der Waals surface area (Å²) in [6.07, 6.45) is 19.8. The lowest BCUT2D eigenvalue weighted by Gasteiger charge is -2.28. The SMILES string of the molecule is O=C1CCCCCC2CCC(CCCCCCc3ccc1cc3)CC2. The van der Waals surface area contributed by atoms with Crippen molar-refractivity contribution >= 4 is 5.78 Å². The van der Waals surface area contributed by atoms with Crippen LogP contribution in [-0.2, 0) is 6.42 Å². The molecule has 6 rings (SSSR count). The fourth-order valence-electron chi connectivity index (χ4n) is 4.82. The molecule has 0 amide bonds. The van der Waals surface area contributed by atoms with Crippen LogP contribution in [-0.4, -0.2) is 5.78 Å². The van der Waals surface area contributed by atoms with Crippen molar-refractivity contribution in [2.45, 2.75) is 96.3 Å². The molecule has 4 bridgehead atoms. The molecule has 0 radical (unpaired) electrons. The molecule has 0 saturated heterocycles. The molecular formula is C24H36O. The predicted molar refractivity (Wildman–Crippen MR) is 106 cm³/mol. The van der Waals surface area contributed by atoms with Crippen molar-refractivity contribution in [2.75, 3.05) is 0 Å². The van der Waals surface area contributed by atoms with Crippen LogP contribution in [0.3, 0.4) is 0 Å². The Morgan fingerprint density at radius 3 is 1.72 bits per heavy atom.